The zero-order valence-electron chi connectivity index (χ0n) is 10.8. The van der Waals surface area contributed by atoms with E-state index < -0.39 is 0 Å². The molecule has 96 valence electrons. The molecule has 4 nitrogen and oxygen atoms in total. The fourth-order valence-corrected chi connectivity index (χ4v) is 2.83. The van der Waals surface area contributed by atoms with Gasteiger partial charge in [0.05, 0.1) is 0 Å². The van der Waals surface area contributed by atoms with E-state index in [1.807, 2.05) is 4.90 Å². The van der Waals surface area contributed by atoms with Gasteiger partial charge in [-0.25, -0.2) is 0 Å². The maximum Gasteiger partial charge on any atom is 0.223 e. The van der Waals surface area contributed by atoms with Crippen molar-refractivity contribution in [2.45, 2.75) is 13.3 Å². The van der Waals surface area contributed by atoms with Gasteiger partial charge >= 0.3 is 0 Å². The van der Waals surface area contributed by atoms with Crippen molar-refractivity contribution in [1.82, 2.24) is 5.32 Å². The summed E-state index contributed by atoms with van der Waals surface area (Å²) in [5, 5.41) is 3.36. The monoisotopic (exact) mass is 245 g/mol. The minimum absolute atomic E-state index is 0.142. The van der Waals surface area contributed by atoms with Crippen LogP contribution in [0.15, 0.2) is 18.2 Å². The lowest BCUT2D eigenvalue weighted by Crippen LogP contribution is -2.43. The molecule has 1 N–H and O–H groups in total. The first kappa shape index (κ1) is 11.5. The van der Waals surface area contributed by atoms with E-state index in [9.17, 15) is 4.79 Å². The number of rotatable bonds is 1. The first-order valence-corrected chi connectivity index (χ1v) is 6.62. The molecular weight excluding hydrogens is 226 g/mol. The van der Waals surface area contributed by atoms with Crippen LogP contribution < -0.4 is 15.1 Å². The van der Waals surface area contributed by atoms with Crippen molar-refractivity contribution >= 4 is 17.3 Å². The molecule has 0 unspecified atom stereocenters. The van der Waals surface area contributed by atoms with Crippen LogP contribution >= 0.6 is 0 Å². The van der Waals surface area contributed by atoms with Gasteiger partial charge in [-0.2, -0.15) is 0 Å². The molecule has 0 radical (unpaired) electrons. The van der Waals surface area contributed by atoms with Crippen LogP contribution in [0.3, 0.4) is 0 Å². The number of carbonyl (C=O) groups is 1. The largest absolute Gasteiger partial charge is 0.369 e. The predicted octanol–water partition coefficient (Wildman–Crippen LogP) is 1.01. The highest BCUT2D eigenvalue weighted by Gasteiger charge is 2.23. The van der Waals surface area contributed by atoms with Gasteiger partial charge in [-0.3, -0.25) is 4.79 Å². The summed E-state index contributed by atoms with van der Waals surface area (Å²) in [5.74, 6) is 0.142. The lowest BCUT2D eigenvalue weighted by molar-refractivity contribution is -0.116. The summed E-state index contributed by atoms with van der Waals surface area (Å²) in [6.45, 7) is 6.70. The van der Waals surface area contributed by atoms with Crippen LogP contribution in [0.5, 0.6) is 0 Å². The third kappa shape index (κ3) is 1.97. The van der Waals surface area contributed by atoms with E-state index in [1.165, 1.54) is 11.3 Å². The van der Waals surface area contributed by atoms with E-state index in [2.05, 4.69) is 28.4 Å². The summed E-state index contributed by atoms with van der Waals surface area (Å²) in [5.41, 5.74) is 3.70. The van der Waals surface area contributed by atoms with Gasteiger partial charge in [0, 0.05) is 51.0 Å². The number of benzene rings is 1. The van der Waals surface area contributed by atoms with Crippen LogP contribution in [0.1, 0.15) is 12.5 Å². The van der Waals surface area contributed by atoms with Crippen LogP contribution in [-0.2, 0) is 11.2 Å². The molecule has 0 bridgehead atoms. The number of hydrogen-bond donors (Lipinski definition) is 1. The topological polar surface area (TPSA) is 35.6 Å². The van der Waals surface area contributed by atoms with Crippen LogP contribution in [0.2, 0.25) is 0 Å². The van der Waals surface area contributed by atoms with Gasteiger partial charge in [-0.15, -0.1) is 0 Å². The second-order valence-electron chi connectivity index (χ2n) is 4.97. The summed E-state index contributed by atoms with van der Waals surface area (Å²) in [4.78, 5) is 15.8. The number of amides is 1. The van der Waals surface area contributed by atoms with E-state index >= 15 is 0 Å². The second-order valence-corrected chi connectivity index (χ2v) is 4.97. The molecule has 0 aliphatic carbocycles. The molecule has 1 aromatic carbocycles. The second kappa shape index (κ2) is 4.61. The van der Waals surface area contributed by atoms with Gasteiger partial charge in [0.1, 0.15) is 0 Å². The fraction of sp³-hybridized carbons (Fsp3) is 0.500. The Morgan fingerprint density at radius 2 is 2.00 bits per heavy atom. The Balaban J connectivity index is 1.86. The van der Waals surface area contributed by atoms with Crippen molar-refractivity contribution in [1.29, 1.82) is 0 Å². The van der Waals surface area contributed by atoms with E-state index in [4.69, 9.17) is 0 Å². The van der Waals surface area contributed by atoms with E-state index in [0.717, 1.165) is 44.8 Å². The average molecular weight is 245 g/mol. The molecule has 1 aromatic rings. The van der Waals surface area contributed by atoms with Gasteiger partial charge in [-0.1, -0.05) is 0 Å². The van der Waals surface area contributed by atoms with Gasteiger partial charge in [0.2, 0.25) is 5.91 Å². The molecule has 1 fully saturated rings. The highest BCUT2D eigenvalue weighted by molar-refractivity contribution is 5.94. The molecule has 0 atom stereocenters. The van der Waals surface area contributed by atoms with Gasteiger partial charge < -0.3 is 15.1 Å². The van der Waals surface area contributed by atoms with Crippen LogP contribution in [-0.4, -0.2) is 38.6 Å². The molecule has 2 aliphatic rings. The molecule has 0 spiro atoms. The van der Waals surface area contributed by atoms with Crippen molar-refractivity contribution in [2.75, 3.05) is 42.5 Å². The Labute approximate surface area is 108 Å². The molecule has 1 amide bonds. The molecule has 2 heterocycles. The Morgan fingerprint density at radius 3 is 2.72 bits per heavy atom. The summed E-state index contributed by atoms with van der Waals surface area (Å²) in [6, 6.07) is 6.50. The van der Waals surface area contributed by atoms with Crippen molar-refractivity contribution in [3.8, 4) is 0 Å². The van der Waals surface area contributed by atoms with Crippen molar-refractivity contribution in [3.63, 3.8) is 0 Å². The first-order chi connectivity index (χ1) is 8.75. The molecule has 4 heteroatoms. The number of hydrogen-bond acceptors (Lipinski definition) is 3. The van der Waals surface area contributed by atoms with Gasteiger partial charge in [-0.05, 0) is 30.2 Å². The van der Waals surface area contributed by atoms with E-state index in [1.54, 1.807) is 6.92 Å². The molecule has 0 aromatic heterocycles. The zero-order chi connectivity index (χ0) is 12.5. The molecule has 3 rings (SSSR count). The molecular formula is C14H19N3O. The Kier molecular flexibility index (Phi) is 2.96. The lowest BCUT2D eigenvalue weighted by atomic mass is 10.1. The minimum Gasteiger partial charge on any atom is -0.369 e. The number of anilines is 2. The number of nitrogens with one attached hydrogen (secondary N) is 1. The maximum atomic E-state index is 11.5. The standard InChI is InChI=1S/C14H19N3O/c1-11(18)17-7-4-12-10-13(2-3-14(12)17)16-8-5-15-6-9-16/h2-3,10,15H,4-9H2,1H3. The highest BCUT2D eigenvalue weighted by atomic mass is 16.2. The highest BCUT2D eigenvalue weighted by Crippen LogP contribution is 2.31. The summed E-state index contributed by atoms with van der Waals surface area (Å²) in [6.07, 6.45) is 0.981. The van der Waals surface area contributed by atoms with Crippen LogP contribution in [0, 0.1) is 0 Å². The number of piperazine rings is 1. The predicted molar refractivity (Wildman–Crippen MR) is 73.3 cm³/mol. The smallest absolute Gasteiger partial charge is 0.223 e. The van der Waals surface area contributed by atoms with E-state index in [-0.39, 0.29) is 5.91 Å². The summed E-state index contributed by atoms with van der Waals surface area (Å²) >= 11 is 0. The summed E-state index contributed by atoms with van der Waals surface area (Å²) < 4.78 is 0. The van der Waals surface area contributed by atoms with Crippen molar-refractivity contribution in [3.05, 3.63) is 23.8 Å². The summed E-state index contributed by atoms with van der Waals surface area (Å²) in [7, 11) is 0. The lowest BCUT2D eigenvalue weighted by Gasteiger charge is -2.30. The number of carbonyl (C=O) groups excluding carboxylic acids is 1. The third-order valence-corrected chi connectivity index (χ3v) is 3.82. The van der Waals surface area contributed by atoms with Gasteiger partial charge in [0.25, 0.3) is 0 Å². The Bertz CT molecular complexity index is 466. The quantitative estimate of drug-likeness (QED) is 0.802. The van der Waals surface area contributed by atoms with Gasteiger partial charge in [0.15, 0.2) is 0 Å². The van der Waals surface area contributed by atoms with Crippen molar-refractivity contribution < 1.29 is 4.79 Å². The Morgan fingerprint density at radius 1 is 1.22 bits per heavy atom. The zero-order valence-corrected chi connectivity index (χ0v) is 10.8. The average Bonchev–Trinajstić information content (AvgIpc) is 2.82. The Hall–Kier alpha value is -1.55. The first-order valence-electron chi connectivity index (χ1n) is 6.62. The molecule has 0 saturated carbocycles. The molecule has 18 heavy (non-hydrogen) atoms. The third-order valence-electron chi connectivity index (χ3n) is 3.82. The molecule has 1 saturated heterocycles. The maximum absolute atomic E-state index is 11.5. The number of nitrogens with zero attached hydrogens (tertiary/aromatic N) is 2. The molecule has 2 aliphatic heterocycles. The number of fused-ring (bicyclic) bond motifs is 1. The normalized spacial score (nSPS) is 18.9. The van der Waals surface area contributed by atoms with Crippen LogP contribution in [0.25, 0.3) is 0 Å². The SMILES string of the molecule is CC(=O)N1CCc2cc(N3CCNCC3)ccc21. The minimum atomic E-state index is 0.142. The van der Waals surface area contributed by atoms with Crippen molar-refractivity contribution in [2.24, 2.45) is 0 Å². The van der Waals surface area contributed by atoms with E-state index in [0.29, 0.717) is 0 Å². The fourth-order valence-electron chi connectivity index (χ4n) is 2.83. The van der Waals surface area contributed by atoms with Crippen LogP contribution in [0.4, 0.5) is 11.4 Å².